The molecule has 0 saturated heterocycles. The Kier molecular flexibility index (Phi) is 6.63. The Morgan fingerprint density at radius 1 is 0.356 bits per heavy atom. The van der Waals surface area contributed by atoms with Crippen molar-refractivity contribution in [2.24, 2.45) is 0 Å². The molecule has 0 radical (unpaired) electrons. The third-order valence-electron chi connectivity index (χ3n) is 11.8. The highest BCUT2D eigenvalue weighted by atomic mass is 16.3. The number of fused-ring (bicyclic) bond motifs is 12. The lowest BCUT2D eigenvalue weighted by Crippen LogP contribution is -2.00. The van der Waals surface area contributed by atoms with Crippen molar-refractivity contribution in [3.8, 4) is 39.9 Å². The molecule has 59 heavy (non-hydrogen) atoms. The monoisotopic (exact) mass is 754 g/mol. The molecule has 13 aromatic rings. The fourth-order valence-corrected chi connectivity index (χ4v) is 9.15. The van der Waals surface area contributed by atoms with E-state index in [1.807, 2.05) is 60.7 Å². The molecule has 9 aromatic carbocycles. The highest BCUT2D eigenvalue weighted by molar-refractivity contribution is 6.23. The maximum Gasteiger partial charge on any atom is 0.167 e. The number of aromatic nitrogens is 4. The summed E-state index contributed by atoms with van der Waals surface area (Å²) in [6.07, 6.45) is 0. The molecule has 13 rings (SSSR count). The second-order valence-electron chi connectivity index (χ2n) is 15.2. The molecule has 0 bridgehead atoms. The average Bonchev–Trinajstić information content (AvgIpc) is 3.97. The Morgan fingerprint density at radius 2 is 1.02 bits per heavy atom. The van der Waals surface area contributed by atoms with E-state index in [0.29, 0.717) is 17.5 Å². The maximum atomic E-state index is 7.06. The molecular weight excluding hydrogens is 725 g/mol. The van der Waals surface area contributed by atoms with Crippen LogP contribution in [0.5, 0.6) is 0 Å². The van der Waals surface area contributed by atoms with Crippen LogP contribution in [0.25, 0.3) is 127 Å². The standard InChI is InChI=1S/C53H30N4O2/c1-2-13-31(14-3-1)51-54-52(40-21-12-24-46-48(40)38-20-9-11-23-45(38)58-46)56-53(55-51)42-28-34-17-6-7-18-36(34)49-39-26-25-35(30-47(39)59-50(42)49)57-43-22-10-8-19-37(43)41-27-32-15-4-5-16-33(32)29-44(41)57/h1-30H. The number of hydrogen-bond acceptors (Lipinski definition) is 5. The molecule has 0 atom stereocenters. The Hall–Kier alpha value is -8.09. The van der Waals surface area contributed by atoms with Crippen molar-refractivity contribution in [3.63, 3.8) is 0 Å². The highest BCUT2D eigenvalue weighted by Crippen LogP contribution is 2.43. The maximum absolute atomic E-state index is 7.06. The van der Waals surface area contributed by atoms with Crippen LogP contribution in [0.3, 0.4) is 0 Å². The highest BCUT2D eigenvalue weighted by Gasteiger charge is 2.23. The molecule has 0 aliphatic rings. The molecule has 6 nitrogen and oxygen atoms in total. The van der Waals surface area contributed by atoms with E-state index in [2.05, 4.69) is 126 Å². The van der Waals surface area contributed by atoms with Crippen molar-refractivity contribution in [3.05, 3.63) is 182 Å². The molecule has 0 aliphatic heterocycles. The fraction of sp³-hybridized carbons (Fsp3) is 0. The normalized spacial score (nSPS) is 12.1. The molecule has 6 heteroatoms. The first kappa shape index (κ1) is 32.0. The molecule has 0 saturated carbocycles. The van der Waals surface area contributed by atoms with Crippen LogP contribution < -0.4 is 0 Å². The van der Waals surface area contributed by atoms with Crippen molar-refractivity contribution >= 4 is 87.2 Å². The number of furan rings is 2. The van der Waals surface area contributed by atoms with Gasteiger partial charge in [-0.2, -0.15) is 0 Å². The predicted octanol–water partition coefficient (Wildman–Crippen LogP) is 14.1. The van der Waals surface area contributed by atoms with E-state index in [1.54, 1.807) is 0 Å². The SMILES string of the molecule is c1ccc(-c2nc(-c3cc4ccccc4c4c3oc3cc(-n5c6ccccc6c6cc7ccccc7cc65)ccc34)nc(-c3cccc4oc5ccccc5c34)n2)cc1. The molecule has 0 spiro atoms. The minimum atomic E-state index is 0.531. The van der Waals surface area contributed by atoms with Crippen LogP contribution in [0.4, 0.5) is 0 Å². The van der Waals surface area contributed by atoms with Crippen molar-refractivity contribution < 1.29 is 8.83 Å². The number of rotatable bonds is 4. The summed E-state index contributed by atoms with van der Waals surface area (Å²) in [4.78, 5) is 15.6. The van der Waals surface area contributed by atoms with E-state index in [9.17, 15) is 0 Å². The first-order valence-corrected chi connectivity index (χ1v) is 19.8. The smallest absolute Gasteiger partial charge is 0.167 e. The fourth-order valence-electron chi connectivity index (χ4n) is 9.15. The van der Waals surface area contributed by atoms with Gasteiger partial charge in [-0.3, -0.25) is 0 Å². The van der Waals surface area contributed by atoms with Crippen LogP contribution >= 0.6 is 0 Å². The Bertz CT molecular complexity index is 3860. The van der Waals surface area contributed by atoms with Crippen molar-refractivity contribution in [1.82, 2.24) is 19.5 Å². The van der Waals surface area contributed by atoms with Gasteiger partial charge >= 0.3 is 0 Å². The van der Waals surface area contributed by atoms with Crippen molar-refractivity contribution in [2.75, 3.05) is 0 Å². The molecule has 0 aliphatic carbocycles. The van der Waals surface area contributed by atoms with Crippen molar-refractivity contribution in [2.45, 2.75) is 0 Å². The molecular formula is C53H30N4O2. The second-order valence-corrected chi connectivity index (χ2v) is 15.2. The molecule has 0 fully saturated rings. The molecule has 0 N–H and O–H groups in total. The van der Waals surface area contributed by atoms with Gasteiger partial charge in [0.25, 0.3) is 0 Å². The summed E-state index contributed by atoms with van der Waals surface area (Å²) in [5, 5.41) is 11.1. The number of para-hydroxylation sites is 2. The van der Waals surface area contributed by atoms with E-state index >= 15 is 0 Å². The number of nitrogens with zero attached hydrogens (tertiary/aromatic N) is 4. The molecule has 274 valence electrons. The Balaban J connectivity index is 1.08. The van der Waals surface area contributed by atoms with E-state index in [4.69, 9.17) is 23.8 Å². The van der Waals surface area contributed by atoms with Crippen LogP contribution in [0, 0.1) is 0 Å². The summed E-state index contributed by atoms with van der Waals surface area (Å²) in [6, 6.07) is 63.3. The summed E-state index contributed by atoms with van der Waals surface area (Å²) >= 11 is 0. The number of hydrogen-bond donors (Lipinski definition) is 0. The third-order valence-corrected chi connectivity index (χ3v) is 11.8. The first-order chi connectivity index (χ1) is 29.2. The summed E-state index contributed by atoms with van der Waals surface area (Å²) in [5.41, 5.74) is 9.00. The van der Waals surface area contributed by atoms with Gasteiger partial charge in [0.05, 0.1) is 16.6 Å². The summed E-state index contributed by atoms with van der Waals surface area (Å²) in [5.74, 6) is 1.67. The van der Waals surface area contributed by atoms with Gasteiger partial charge in [0.1, 0.15) is 22.3 Å². The van der Waals surface area contributed by atoms with Gasteiger partial charge in [-0.15, -0.1) is 0 Å². The number of benzene rings is 9. The van der Waals surface area contributed by atoms with Crippen LogP contribution in [0.2, 0.25) is 0 Å². The Labute approximate surface area is 336 Å². The lowest BCUT2D eigenvalue weighted by Gasteiger charge is -2.10. The lowest BCUT2D eigenvalue weighted by atomic mass is 9.99. The molecule has 4 heterocycles. The quantitative estimate of drug-likeness (QED) is 0.179. The predicted molar refractivity (Wildman–Crippen MR) is 240 cm³/mol. The van der Waals surface area contributed by atoms with Gasteiger partial charge in [-0.1, -0.05) is 127 Å². The molecule has 4 aromatic heterocycles. The van der Waals surface area contributed by atoms with Crippen LogP contribution in [0.15, 0.2) is 191 Å². The summed E-state index contributed by atoms with van der Waals surface area (Å²) in [7, 11) is 0. The largest absolute Gasteiger partial charge is 0.456 e. The van der Waals surface area contributed by atoms with E-state index < -0.39 is 0 Å². The summed E-state index contributed by atoms with van der Waals surface area (Å²) < 4.78 is 15.7. The van der Waals surface area contributed by atoms with Crippen molar-refractivity contribution in [1.29, 1.82) is 0 Å². The zero-order valence-electron chi connectivity index (χ0n) is 31.4. The van der Waals surface area contributed by atoms with Gasteiger partial charge in [-0.05, 0) is 70.1 Å². The van der Waals surface area contributed by atoms with E-state index in [-0.39, 0.29) is 0 Å². The van der Waals surface area contributed by atoms with Crippen LogP contribution in [0.1, 0.15) is 0 Å². The average molecular weight is 755 g/mol. The lowest BCUT2D eigenvalue weighted by molar-refractivity contribution is 0.668. The van der Waals surface area contributed by atoms with Gasteiger partial charge in [0.15, 0.2) is 17.5 Å². The van der Waals surface area contributed by atoms with Crippen LogP contribution in [-0.2, 0) is 0 Å². The molecule has 0 unspecified atom stereocenters. The molecule has 0 amide bonds. The van der Waals surface area contributed by atoms with Crippen LogP contribution in [-0.4, -0.2) is 19.5 Å². The second kappa shape index (κ2) is 12.2. The minimum Gasteiger partial charge on any atom is -0.456 e. The van der Waals surface area contributed by atoms with Gasteiger partial charge in [0.2, 0.25) is 0 Å². The zero-order chi connectivity index (χ0) is 38.6. The topological polar surface area (TPSA) is 69.9 Å². The minimum absolute atomic E-state index is 0.531. The third kappa shape index (κ3) is 4.77. The summed E-state index contributed by atoms with van der Waals surface area (Å²) in [6.45, 7) is 0. The van der Waals surface area contributed by atoms with E-state index in [1.165, 1.54) is 21.5 Å². The van der Waals surface area contributed by atoms with Gasteiger partial charge in [0, 0.05) is 55.2 Å². The van der Waals surface area contributed by atoms with E-state index in [0.717, 1.165) is 88.1 Å². The van der Waals surface area contributed by atoms with Gasteiger partial charge < -0.3 is 13.4 Å². The first-order valence-electron chi connectivity index (χ1n) is 19.8. The van der Waals surface area contributed by atoms with Gasteiger partial charge in [-0.25, -0.2) is 15.0 Å². The Morgan fingerprint density at radius 3 is 1.88 bits per heavy atom. The zero-order valence-corrected chi connectivity index (χ0v) is 31.4.